The lowest BCUT2D eigenvalue weighted by atomic mass is 10.1. The van der Waals surface area contributed by atoms with Crippen molar-refractivity contribution in [3.63, 3.8) is 0 Å². The lowest BCUT2D eigenvalue weighted by molar-refractivity contribution is 0.0404. The van der Waals surface area contributed by atoms with E-state index in [1.165, 1.54) is 22.3 Å². The molecule has 1 aliphatic rings. The van der Waals surface area contributed by atoms with Crippen LogP contribution in [0.3, 0.4) is 0 Å². The van der Waals surface area contributed by atoms with Gasteiger partial charge in [-0.15, -0.1) is 0 Å². The quantitative estimate of drug-likeness (QED) is 0.594. The van der Waals surface area contributed by atoms with Crippen molar-refractivity contribution in [3.05, 3.63) is 53.6 Å². The molecule has 0 amide bonds. The minimum absolute atomic E-state index is 0.568. The molecule has 22 heavy (non-hydrogen) atoms. The molecule has 3 nitrogen and oxygen atoms in total. The standard InChI is InChI=1S/C19H22O3/c1-2-20-10-11-21-12-13-22-19-9-5-8-17-16-7-4-3-6-15(16)14-18(17)19/h3-9H,2,10-14H2,1H3. The molecule has 0 saturated heterocycles. The van der Waals surface area contributed by atoms with E-state index in [1.54, 1.807) is 0 Å². The van der Waals surface area contributed by atoms with E-state index in [1.807, 2.05) is 13.0 Å². The van der Waals surface area contributed by atoms with E-state index >= 15 is 0 Å². The summed E-state index contributed by atoms with van der Waals surface area (Å²) < 4.78 is 16.6. The van der Waals surface area contributed by atoms with Crippen LogP contribution in [0.25, 0.3) is 11.1 Å². The van der Waals surface area contributed by atoms with Crippen LogP contribution >= 0.6 is 0 Å². The average Bonchev–Trinajstić information content (AvgIpc) is 2.93. The van der Waals surface area contributed by atoms with Crippen molar-refractivity contribution in [1.29, 1.82) is 0 Å². The Kier molecular flexibility index (Phi) is 5.09. The first-order valence-corrected chi connectivity index (χ1v) is 7.88. The molecular weight excluding hydrogens is 276 g/mol. The number of hydrogen-bond acceptors (Lipinski definition) is 3. The van der Waals surface area contributed by atoms with E-state index in [2.05, 4.69) is 36.4 Å². The summed E-state index contributed by atoms with van der Waals surface area (Å²) in [5.74, 6) is 0.974. The largest absolute Gasteiger partial charge is 0.491 e. The molecule has 2 aromatic carbocycles. The van der Waals surface area contributed by atoms with Gasteiger partial charge >= 0.3 is 0 Å². The molecule has 3 heteroatoms. The number of hydrogen-bond donors (Lipinski definition) is 0. The van der Waals surface area contributed by atoms with Crippen molar-refractivity contribution >= 4 is 0 Å². The topological polar surface area (TPSA) is 27.7 Å². The van der Waals surface area contributed by atoms with Crippen LogP contribution in [0.1, 0.15) is 18.1 Å². The monoisotopic (exact) mass is 298 g/mol. The molecule has 0 aliphatic heterocycles. The Labute approximate surface area is 131 Å². The molecule has 3 rings (SSSR count). The fourth-order valence-corrected chi connectivity index (χ4v) is 2.84. The summed E-state index contributed by atoms with van der Waals surface area (Å²) in [5.41, 5.74) is 5.29. The highest BCUT2D eigenvalue weighted by atomic mass is 16.5. The highest BCUT2D eigenvalue weighted by Gasteiger charge is 2.20. The molecule has 0 fully saturated rings. The predicted octanol–water partition coefficient (Wildman–Crippen LogP) is 3.69. The Morgan fingerprint density at radius 1 is 0.818 bits per heavy atom. The summed E-state index contributed by atoms with van der Waals surface area (Å²) in [6.07, 6.45) is 0.951. The van der Waals surface area contributed by atoms with Gasteiger partial charge in [-0.2, -0.15) is 0 Å². The van der Waals surface area contributed by atoms with Crippen LogP contribution in [-0.4, -0.2) is 33.0 Å². The molecule has 116 valence electrons. The van der Waals surface area contributed by atoms with Gasteiger partial charge in [0, 0.05) is 18.6 Å². The Hall–Kier alpha value is -1.84. The molecule has 2 aromatic rings. The number of fused-ring (bicyclic) bond motifs is 3. The van der Waals surface area contributed by atoms with Crippen LogP contribution in [0, 0.1) is 0 Å². The van der Waals surface area contributed by atoms with Gasteiger partial charge in [0.05, 0.1) is 19.8 Å². The molecule has 0 atom stereocenters. The molecule has 0 aromatic heterocycles. The summed E-state index contributed by atoms with van der Waals surface area (Å²) in [7, 11) is 0. The van der Waals surface area contributed by atoms with Crippen molar-refractivity contribution in [2.24, 2.45) is 0 Å². The van der Waals surface area contributed by atoms with Crippen molar-refractivity contribution in [1.82, 2.24) is 0 Å². The number of ether oxygens (including phenoxy) is 3. The van der Waals surface area contributed by atoms with E-state index < -0.39 is 0 Å². The van der Waals surface area contributed by atoms with Crippen LogP contribution in [0.15, 0.2) is 42.5 Å². The third-order valence-corrected chi connectivity index (χ3v) is 3.87. The Bertz CT molecular complexity index is 622. The maximum Gasteiger partial charge on any atom is 0.123 e. The first-order valence-electron chi connectivity index (χ1n) is 7.88. The van der Waals surface area contributed by atoms with Gasteiger partial charge < -0.3 is 14.2 Å². The maximum atomic E-state index is 5.92. The average molecular weight is 298 g/mol. The second-order valence-electron chi connectivity index (χ2n) is 5.27. The van der Waals surface area contributed by atoms with Gasteiger partial charge in [0.2, 0.25) is 0 Å². The lowest BCUT2D eigenvalue weighted by Crippen LogP contribution is -2.11. The molecule has 0 radical (unpaired) electrons. The van der Waals surface area contributed by atoms with E-state index in [-0.39, 0.29) is 0 Å². The van der Waals surface area contributed by atoms with Gasteiger partial charge in [-0.1, -0.05) is 36.4 Å². The Morgan fingerprint density at radius 2 is 1.59 bits per heavy atom. The van der Waals surface area contributed by atoms with Crippen LogP contribution in [0.5, 0.6) is 5.75 Å². The molecule has 0 saturated carbocycles. The molecular formula is C19H22O3. The van der Waals surface area contributed by atoms with Gasteiger partial charge in [0.25, 0.3) is 0 Å². The smallest absolute Gasteiger partial charge is 0.123 e. The molecule has 0 heterocycles. The van der Waals surface area contributed by atoms with Gasteiger partial charge in [0.1, 0.15) is 12.4 Å². The first kappa shape index (κ1) is 15.1. The van der Waals surface area contributed by atoms with Gasteiger partial charge in [0.15, 0.2) is 0 Å². The molecule has 1 aliphatic carbocycles. The summed E-state index contributed by atoms with van der Waals surface area (Å²) in [5, 5.41) is 0. The first-order chi connectivity index (χ1) is 10.9. The summed E-state index contributed by atoms with van der Waals surface area (Å²) >= 11 is 0. The van der Waals surface area contributed by atoms with Crippen LogP contribution in [0.4, 0.5) is 0 Å². The highest BCUT2D eigenvalue weighted by molar-refractivity contribution is 5.78. The third-order valence-electron chi connectivity index (χ3n) is 3.87. The Morgan fingerprint density at radius 3 is 2.50 bits per heavy atom. The highest BCUT2D eigenvalue weighted by Crippen LogP contribution is 2.40. The van der Waals surface area contributed by atoms with E-state index in [0.29, 0.717) is 26.4 Å². The van der Waals surface area contributed by atoms with Gasteiger partial charge in [-0.05, 0) is 29.7 Å². The Balaban J connectivity index is 1.56. The van der Waals surface area contributed by atoms with Crippen molar-refractivity contribution < 1.29 is 14.2 Å². The molecule has 0 bridgehead atoms. The zero-order chi connectivity index (χ0) is 15.2. The summed E-state index contributed by atoms with van der Waals surface area (Å²) in [4.78, 5) is 0. The van der Waals surface area contributed by atoms with Crippen molar-refractivity contribution in [2.45, 2.75) is 13.3 Å². The predicted molar refractivity (Wildman–Crippen MR) is 87.5 cm³/mol. The van der Waals surface area contributed by atoms with Crippen molar-refractivity contribution in [2.75, 3.05) is 33.0 Å². The zero-order valence-electron chi connectivity index (χ0n) is 13.0. The van der Waals surface area contributed by atoms with E-state index in [9.17, 15) is 0 Å². The fourth-order valence-electron chi connectivity index (χ4n) is 2.84. The van der Waals surface area contributed by atoms with Crippen LogP contribution in [0.2, 0.25) is 0 Å². The lowest BCUT2D eigenvalue weighted by Gasteiger charge is -2.11. The zero-order valence-corrected chi connectivity index (χ0v) is 13.0. The van der Waals surface area contributed by atoms with Gasteiger partial charge in [-0.3, -0.25) is 0 Å². The summed E-state index contributed by atoms with van der Waals surface area (Å²) in [6.45, 7) is 5.14. The second kappa shape index (κ2) is 7.43. The maximum absolute atomic E-state index is 5.92. The SMILES string of the molecule is CCOCCOCCOc1cccc2c1Cc1ccccc1-2. The molecule has 0 N–H and O–H groups in total. The summed E-state index contributed by atoms with van der Waals surface area (Å²) in [6, 6.07) is 14.8. The fraction of sp³-hybridized carbons (Fsp3) is 0.368. The van der Waals surface area contributed by atoms with E-state index in [0.717, 1.165) is 18.8 Å². The molecule has 0 spiro atoms. The second-order valence-corrected chi connectivity index (χ2v) is 5.27. The minimum atomic E-state index is 0.568. The van der Waals surface area contributed by atoms with E-state index in [4.69, 9.17) is 14.2 Å². The van der Waals surface area contributed by atoms with Gasteiger partial charge in [-0.25, -0.2) is 0 Å². The minimum Gasteiger partial charge on any atom is -0.491 e. The van der Waals surface area contributed by atoms with Crippen molar-refractivity contribution in [3.8, 4) is 16.9 Å². The number of benzene rings is 2. The normalized spacial score (nSPS) is 12.0. The third kappa shape index (κ3) is 3.32. The van der Waals surface area contributed by atoms with Crippen LogP contribution in [-0.2, 0) is 15.9 Å². The van der Waals surface area contributed by atoms with Crippen LogP contribution < -0.4 is 4.74 Å². The number of rotatable bonds is 8. The molecule has 0 unspecified atom stereocenters.